The molecule has 0 spiro atoms. The number of nitrogens with one attached hydrogen (secondary N) is 1. The fourth-order valence-corrected chi connectivity index (χ4v) is 3.80. The zero-order chi connectivity index (χ0) is 18.7. The smallest absolute Gasteiger partial charge is 0.370 e. The van der Waals surface area contributed by atoms with Gasteiger partial charge in [-0.2, -0.15) is 13.2 Å². The first-order chi connectivity index (χ1) is 12.3. The van der Waals surface area contributed by atoms with Crippen molar-refractivity contribution in [3.8, 4) is 0 Å². The fourth-order valence-electron chi connectivity index (χ4n) is 3.80. The van der Waals surface area contributed by atoms with Crippen LogP contribution in [0.3, 0.4) is 0 Å². The molecule has 0 unspecified atom stereocenters. The molecule has 0 amide bonds. The summed E-state index contributed by atoms with van der Waals surface area (Å²) in [5.41, 5.74) is 8.15. The monoisotopic (exact) mass is 368 g/mol. The van der Waals surface area contributed by atoms with Crippen LogP contribution >= 0.6 is 0 Å². The van der Waals surface area contributed by atoms with Gasteiger partial charge in [-0.3, -0.25) is 0 Å². The molecular weight excluding hydrogens is 341 g/mol. The van der Waals surface area contributed by atoms with Crippen LogP contribution in [0.2, 0.25) is 0 Å². The average Bonchev–Trinajstić information content (AvgIpc) is 2.57. The van der Waals surface area contributed by atoms with Gasteiger partial charge >= 0.3 is 6.18 Å². The second-order valence-corrected chi connectivity index (χ2v) is 7.32. The van der Waals surface area contributed by atoms with Gasteiger partial charge in [-0.1, -0.05) is 19.1 Å². The quantitative estimate of drug-likeness (QED) is 0.628. The van der Waals surface area contributed by atoms with Crippen LogP contribution in [0.15, 0.2) is 29.3 Å². The molecule has 0 bridgehead atoms. The second kappa shape index (κ2) is 7.86. The van der Waals surface area contributed by atoms with E-state index in [1.54, 1.807) is 0 Å². The molecule has 7 heteroatoms. The molecular formula is C19H27F3N4. The number of likely N-dealkylation sites (tertiary alicyclic amines) is 1. The number of piperidine rings is 1. The van der Waals surface area contributed by atoms with Crippen molar-refractivity contribution in [2.75, 3.05) is 18.4 Å². The molecule has 1 aromatic carbocycles. The van der Waals surface area contributed by atoms with E-state index in [1.165, 1.54) is 5.56 Å². The van der Waals surface area contributed by atoms with Crippen molar-refractivity contribution in [1.29, 1.82) is 0 Å². The third-order valence-electron chi connectivity index (χ3n) is 5.53. The predicted octanol–water partition coefficient (Wildman–Crippen LogP) is 3.78. The number of halogens is 3. The van der Waals surface area contributed by atoms with Gasteiger partial charge in [0.1, 0.15) is 0 Å². The first-order valence-electron chi connectivity index (χ1n) is 9.35. The van der Waals surface area contributed by atoms with E-state index >= 15 is 0 Å². The summed E-state index contributed by atoms with van der Waals surface area (Å²) in [4.78, 5) is 6.69. The van der Waals surface area contributed by atoms with Gasteiger partial charge in [0.15, 0.2) is 5.96 Å². The lowest BCUT2D eigenvalue weighted by atomic mass is 9.83. The lowest BCUT2D eigenvalue weighted by Gasteiger charge is -2.44. The number of nitrogens with zero attached hydrogens (tertiary/aromatic N) is 2. The molecule has 0 atom stereocenters. The highest BCUT2D eigenvalue weighted by Gasteiger charge is 2.43. The number of benzene rings is 1. The average molecular weight is 368 g/mol. The first kappa shape index (κ1) is 19.0. The molecule has 1 saturated carbocycles. The second-order valence-electron chi connectivity index (χ2n) is 7.32. The minimum atomic E-state index is -4.05. The molecule has 1 heterocycles. The lowest BCUT2D eigenvalue weighted by molar-refractivity contribution is -0.187. The van der Waals surface area contributed by atoms with E-state index in [-0.39, 0.29) is 18.9 Å². The Bertz CT molecular complexity index is 630. The van der Waals surface area contributed by atoms with Crippen molar-refractivity contribution < 1.29 is 13.2 Å². The summed E-state index contributed by atoms with van der Waals surface area (Å²) in [6.45, 7) is 3.16. The van der Waals surface area contributed by atoms with Crippen LogP contribution in [0, 0.1) is 5.92 Å². The number of rotatable bonds is 4. The van der Waals surface area contributed by atoms with E-state index < -0.39 is 12.1 Å². The van der Waals surface area contributed by atoms with E-state index in [1.807, 2.05) is 12.1 Å². The molecule has 0 radical (unpaired) electrons. The normalized spacial score (nSPS) is 25.8. The van der Waals surface area contributed by atoms with Gasteiger partial charge in [0, 0.05) is 11.7 Å². The van der Waals surface area contributed by atoms with Gasteiger partial charge in [-0.15, -0.1) is 0 Å². The Hall–Kier alpha value is -1.76. The summed E-state index contributed by atoms with van der Waals surface area (Å²) in [5, 5.41) is 3.12. The van der Waals surface area contributed by atoms with Gasteiger partial charge in [-0.05, 0) is 62.9 Å². The van der Waals surface area contributed by atoms with E-state index in [2.05, 4.69) is 34.3 Å². The molecule has 4 nitrogen and oxygen atoms in total. The third-order valence-corrected chi connectivity index (χ3v) is 5.53. The van der Waals surface area contributed by atoms with Crippen LogP contribution in [0.5, 0.6) is 0 Å². The molecule has 144 valence electrons. The summed E-state index contributed by atoms with van der Waals surface area (Å²) in [5.74, 6) is -0.733. The Balaban J connectivity index is 1.44. The van der Waals surface area contributed by atoms with Gasteiger partial charge < -0.3 is 16.0 Å². The SMILES string of the molecule is CCc1cccc(NC(N)=NC2CC(N3CCC(C(F)(F)F)CC3)C2)c1. The topological polar surface area (TPSA) is 53.6 Å². The van der Waals surface area contributed by atoms with Crippen LogP contribution < -0.4 is 11.1 Å². The highest BCUT2D eigenvalue weighted by molar-refractivity contribution is 5.92. The molecule has 2 fully saturated rings. The Morgan fingerprint density at radius 1 is 1.27 bits per heavy atom. The Labute approximate surface area is 152 Å². The molecule has 1 aliphatic heterocycles. The summed E-state index contributed by atoms with van der Waals surface area (Å²) < 4.78 is 38.2. The number of aryl methyl sites for hydroxylation is 1. The number of hydrogen-bond donors (Lipinski definition) is 2. The summed E-state index contributed by atoms with van der Waals surface area (Å²) >= 11 is 0. The van der Waals surface area contributed by atoms with Crippen LogP contribution in [-0.4, -0.2) is 42.2 Å². The summed E-state index contributed by atoms with van der Waals surface area (Å²) in [6.07, 6.45) is -0.922. The van der Waals surface area contributed by atoms with Gasteiger partial charge in [0.05, 0.1) is 12.0 Å². The van der Waals surface area contributed by atoms with Gasteiger partial charge in [0.2, 0.25) is 0 Å². The van der Waals surface area contributed by atoms with Crippen LogP contribution in [0.4, 0.5) is 18.9 Å². The number of guanidine groups is 1. The molecule has 3 rings (SSSR count). The fraction of sp³-hybridized carbons (Fsp3) is 0.632. The van der Waals surface area contributed by atoms with E-state index in [9.17, 15) is 13.2 Å². The maximum Gasteiger partial charge on any atom is 0.391 e. The standard InChI is InChI=1S/C19H27F3N4/c1-2-13-4-3-5-15(10-13)24-18(23)25-16-11-17(12-16)26-8-6-14(7-9-26)19(20,21)22/h3-5,10,14,16-17H,2,6-9,11-12H2,1H3,(H3,23,24,25). The molecule has 0 aromatic heterocycles. The lowest BCUT2D eigenvalue weighted by Crippen LogP contribution is -2.51. The Kier molecular flexibility index (Phi) is 5.75. The van der Waals surface area contributed by atoms with Crippen molar-refractivity contribution in [3.63, 3.8) is 0 Å². The van der Waals surface area contributed by atoms with Gasteiger partial charge in [0.25, 0.3) is 0 Å². The minimum absolute atomic E-state index is 0.155. The summed E-state index contributed by atoms with van der Waals surface area (Å²) in [7, 11) is 0. The largest absolute Gasteiger partial charge is 0.391 e. The van der Waals surface area contributed by atoms with E-state index in [4.69, 9.17) is 5.73 Å². The Morgan fingerprint density at radius 3 is 2.58 bits per heavy atom. The Morgan fingerprint density at radius 2 is 1.96 bits per heavy atom. The minimum Gasteiger partial charge on any atom is -0.370 e. The zero-order valence-electron chi connectivity index (χ0n) is 15.1. The molecule has 3 N–H and O–H groups in total. The zero-order valence-corrected chi connectivity index (χ0v) is 15.1. The van der Waals surface area contributed by atoms with Crippen molar-refractivity contribution >= 4 is 11.6 Å². The molecule has 1 saturated heterocycles. The first-order valence-corrected chi connectivity index (χ1v) is 9.35. The maximum atomic E-state index is 12.7. The third kappa shape index (κ3) is 4.69. The van der Waals surface area contributed by atoms with Gasteiger partial charge in [-0.25, -0.2) is 4.99 Å². The van der Waals surface area contributed by atoms with Crippen LogP contribution in [0.1, 0.15) is 38.2 Å². The molecule has 1 aromatic rings. The van der Waals surface area contributed by atoms with E-state index in [0.717, 1.165) is 24.9 Å². The maximum absolute atomic E-state index is 12.7. The number of nitrogens with two attached hydrogens (primary N) is 1. The van der Waals surface area contributed by atoms with Crippen molar-refractivity contribution in [3.05, 3.63) is 29.8 Å². The number of aliphatic imine (C=N–C) groups is 1. The van der Waals surface area contributed by atoms with Crippen LogP contribution in [-0.2, 0) is 6.42 Å². The number of anilines is 1. The van der Waals surface area contributed by atoms with Crippen LogP contribution in [0.25, 0.3) is 0 Å². The molecule has 1 aliphatic carbocycles. The van der Waals surface area contributed by atoms with Crippen molar-refractivity contribution in [2.24, 2.45) is 16.6 Å². The summed E-state index contributed by atoms with van der Waals surface area (Å²) in [6, 6.07) is 8.55. The predicted molar refractivity (Wildman–Crippen MR) is 98.2 cm³/mol. The van der Waals surface area contributed by atoms with Crippen molar-refractivity contribution in [1.82, 2.24) is 4.90 Å². The van der Waals surface area contributed by atoms with Crippen molar-refractivity contribution in [2.45, 2.75) is 57.3 Å². The number of hydrogen-bond acceptors (Lipinski definition) is 2. The highest BCUT2D eigenvalue weighted by atomic mass is 19.4. The molecule has 2 aliphatic rings. The number of alkyl halides is 3. The molecule has 26 heavy (non-hydrogen) atoms. The van der Waals surface area contributed by atoms with E-state index in [0.29, 0.717) is 25.1 Å². The highest BCUT2D eigenvalue weighted by Crippen LogP contribution is 2.37.